The second-order valence-corrected chi connectivity index (χ2v) is 5.71. The number of imidazole rings is 1. The number of aromatic nitrogens is 2. The Morgan fingerprint density at radius 3 is 2.88 bits per heavy atom. The fraction of sp³-hybridized carbons (Fsp3) is 0.769. The van der Waals surface area contributed by atoms with E-state index < -0.39 is 0 Å². The van der Waals surface area contributed by atoms with Crippen molar-refractivity contribution in [2.24, 2.45) is 5.92 Å². The van der Waals surface area contributed by atoms with Crippen LogP contribution in [0.4, 0.5) is 0 Å². The molecule has 0 amide bonds. The Bertz CT molecular complexity index is 380. The first kappa shape index (κ1) is 11.2. The van der Waals surface area contributed by atoms with E-state index in [1.54, 1.807) is 0 Å². The van der Waals surface area contributed by atoms with E-state index in [1.165, 1.54) is 18.5 Å². The molecule has 0 unspecified atom stereocenters. The Hall–Kier alpha value is -0.870. The molecule has 94 valence electrons. The van der Waals surface area contributed by atoms with Crippen molar-refractivity contribution < 1.29 is 5.11 Å². The van der Waals surface area contributed by atoms with Crippen LogP contribution in [0.5, 0.6) is 0 Å². The summed E-state index contributed by atoms with van der Waals surface area (Å²) < 4.78 is 2.33. The van der Waals surface area contributed by atoms with Gasteiger partial charge in [0.2, 0.25) is 0 Å². The van der Waals surface area contributed by atoms with Gasteiger partial charge in [-0.2, -0.15) is 0 Å². The van der Waals surface area contributed by atoms with Crippen molar-refractivity contribution in [3.8, 4) is 0 Å². The second-order valence-electron chi connectivity index (χ2n) is 5.71. The van der Waals surface area contributed by atoms with Crippen LogP contribution < -0.4 is 0 Å². The van der Waals surface area contributed by atoms with Crippen LogP contribution >= 0.6 is 0 Å². The predicted molar refractivity (Wildman–Crippen MR) is 65.6 cm³/mol. The van der Waals surface area contributed by atoms with E-state index in [-0.39, 0.29) is 6.10 Å². The molecule has 0 aromatic carbocycles. The van der Waals surface area contributed by atoms with E-state index in [0.717, 1.165) is 25.9 Å². The fourth-order valence-electron chi connectivity index (χ4n) is 2.77. The molecule has 2 saturated carbocycles. The lowest BCUT2D eigenvalue weighted by atomic mass is 9.82. The molecule has 1 heterocycles. The van der Waals surface area contributed by atoms with Gasteiger partial charge in [-0.1, -0.05) is 0 Å². The normalized spacial score (nSPS) is 28.4. The topological polar surface area (TPSA) is 41.3 Å². The van der Waals surface area contributed by atoms with Crippen LogP contribution in [-0.4, -0.2) is 39.3 Å². The summed E-state index contributed by atoms with van der Waals surface area (Å²) >= 11 is 0. The maximum Gasteiger partial charge on any atom is 0.0951 e. The molecule has 0 radical (unpaired) electrons. The molecule has 1 aromatic rings. The van der Waals surface area contributed by atoms with Gasteiger partial charge in [0.25, 0.3) is 0 Å². The van der Waals surface area contributed by atoms with Crippen LogP contribution in [0.25, 0.3) is 0 Å². The molecule has 2 aliphatic carbocycles. The highest BCUT2D eigenvalue weighted by Gasteiger charge is 2.29. The SMILES string of the molecule is CN(Cc1cncn1C1CC1)CC1CC(O)C1. The van der Waals surface area contributed by atoms with Crippen molar-refractivity contribution in [2.75, 3.05) is 13.6 Å². The zero-order valence-electron chi connectivity index (χ0n) is 10.4. The molecule has 3 rings (SSSR count). The van der Waals surface area contributed by atoms with Gasteiger partial charge < -0.3 is 14.6 Å². The lowest BCUT2D eigenvalue weighted by Crippen LogP contribution is -2.37. The zero-order valence-corrected chi connectivity index (χ0v) is 10.4. The van der Waals surface area contributed by atoms with Gasteiger partial charge in [0, 0.05) is 25.3 Å². The highest BCUT2D eigenvalue weighted by molar-refractivity contribution is 5.03. The minimum absolute atomic E-state index is 0.0367. The van der Waals surface area contributed by atoms with Gasteiger partial charge in [0.05, 0.1) is 18.1 Å². The Kier molecular flexibility index (Phi) is 2.92. The number of hydrogen-bond acceptors (Lipinski definition) is 3. The van der Waals surface area contributed by atoms with Crippen LogP contribution in [0.3, 0.4) is 0 Å². The van der Waals surface area contributed by atoms with E-state index in [9.17, 15) is 5.11 Å². The van der Waals surface area contributed by atoms with Crippen LogP contribution in [0.1, 0.15) is 37.4 Å². The van der Waals surface area contributed by atoms with Crippen molar-refractivity contribution in [2.45, 2.75) is 44.4 Å². The van der Waals surface area contributed by atoms with Gasteiger partial charge in [-0.25, -0.2) is 4.98 Å². The maximum absolute atomic E-state index is 9.28. The standard InChI is InChI=1S/C13H21N3O/c1-15(7-10-4-13(17)5-10)8-12-6-14-9-16(12)11-2-3-11/h6,9-11,13,17H,2-5,7-8H2,1H3. The number of nitrogens with zero attached hydrogens (tertiary/aromatic N) is 3. The number of hydrogen-bond donors (Lipinski definition) is 1. The summed E-state index contributed by atoms with van der Waals surface area (Å²) in [5, 5.41) is 9.28. The fourth-order valence-corrected chi connectivity index (χ4v) is 2.77. The van der Waals surface area contributed by atoms with Crippen molar-refractivity contribution >= 4 is 0 Å². The first-order valence-electron chi connectivity index (χ1n) is 6.59. The summed E-state index contributed by atoms with van der Waals surface area (Å²) in [5.74, 6) is 0.687. The minimum atomic E-state index is -0.0367. The maximum atomic E-state index is 9.28. The van der Waals surface area contributed by atoms with Gasteiger partial charge in [-0.05, 0) is 38.6 Å². The molecule has 0 bridgehead atoms. The minimum Gasteiger partial charge on any atom is -0.393 e. The molecule has 0 spiro atoms. The number of aliphatic hydroxyl groups is 1. The van der Waals surface area contributed by atoms with Crippen LogP contribution in [0.2, 0.25) is 0 Å². The third kappa shape index (κ3) is 2.53. The molecule has 0 aliphatic heterocycles. The monoisotopic (exact) mass is 235 g/mol. The molecule has 1 N–H and O–H groups in total. The summed E-state index contributed by atoms with van der Waals surface area (Å²) in [6.45, 7) is 2.07. The van der Waals surface area contributed by atoms with Gasteiger partial charge in [0.15, 0.2) is 0 Å². The van der Waals surface area contributed by atoms with Crippen molar-refractivity contribution in [3.63, 3.8) is 0 Å². The molecular weight excluding hydrogens is 214 g/mol. The average molecular weight is 235 g/mol. The number of aliphatic hydroxyl groups excluding tert-OH is 1. The van der Waals surface area contributed by atoms with E-state index in [1.807, 2.05) is 12.5 Å². The number of rotatable bonds is 5. The molecular formula is C13H21N3O. The molecule has 4 nitrogen and oxygen atoms in total. The molecule has 1 aromatic heterocycles. The Balaban J connectivity index is 1.53. The quantitative estimate of drug-likeness (QED) is 0.839. The second kappa shape index (κ2) is 4.42. The van der Waals surface area contributed by atoms with Gasteiger partial charge in [0.1, 0.15) is 0 Å². The van der Waals surface area contributed by atoms with Crippen LogP contribution in [0.15, 0.2) is 12.5 Å². The van der Waals surface area contributed by atoms with Gasteiger partial charge >= 0.3 is 0 Å². The van der Waals surface area contributed by atoms with Gasteiger partial charge in [-0.15, -0.1) is 0 Å². The molecule has 0 saturated heterocycles. The van der Waals surface area contributed by atoms with E-state index in [2.05, 4.69) is 21.5 Å². The highest BCUT2D eigenvalue weighted by atomic mass is 16.3. The zero-order chi connectivity index (χ0) is 11.8. The summed E-state index contributed by atoms with van der Waals surface area (Å²) in [6, 6.07) is 0.714. The van der Waals surface area contributed by atoms with Crippen molar-refractivity contribution in [1.82, 2.24) is 14.5 Å². The summed E-state index contributed by atoms with van der Waals surface area (Å²) in [6.07, 6.45) is 8.49. The Morgan fingerprint density at radius 1 is 1.47 bits per heavy atom. The van der Waals surface area contributed by atoms with Crippen molar-refractivity contribution in [3.05, 3.63) is 18.2 Å². The smallest absolute Gasteiger partial charge is 0.0951 e. The van der Waals surface area contributed by atoms with Gasteiger partial charge in [-0.3, -0.25) is 0 Å². The first-order chi connectivity index (χ1) is 8.22. The van der Waals surface area contributed by atoms with E-state index in [0.29, 0.717) is 12.0 Å². The summed E-state index contributed by atoms with van der Waals surface area (Å²) in [7, 11) is 2.16. The van der Waals surface area contributed by atoms with E-state index in [4.69, 9.17) is 0 Å². The molecule has 2 aliphatic rings. The van der Waals surface area contributed by atoms with Crippen molar-refractivity contribution in [1.29, 1.82) is 0 Å². The summed E-state index contributed by atoms with van der Waals surface area (Å²) in [4.78, 5) is 6.61. The third-order valence-electron chi connectivity index (χ3n) is 3.90. The Morgan fingerprint density at radius 2 is 2.24 bits per heavy atom. The third-order valence-corrected chi connectivity index (χ3v) is 3.90. The van der Waals surface area contributed by atoms with E-state index >= 15 is 0 Å². The highest BCUT2D eigenvalue weighted by Crippen LogP contribution is 2.36. The first-order valence-corrected chi connectivity index (χ1v) is 6.59. The summed E-state index contributed by atoms with van der Waals surface area (Å²) in [5.41, 5.74) is 1.33. The largest absolute Gasteiger partial charge is 0.393 e. The Labute approximate surface area is 102 Å². The lowest BCUT2D eigenvalue weighted by molar-refractivity contribution is 0.0271. The molecule has 0 atom stereocenters. The molecule has 17 heavy (non-hydrogen) atoms. The predicted octanol–water partition coefficient (Wildman–Crippen LogP) is 1.42. The van der Waals surface area contributed by atoms with Crippen LogP contribution in [-0.2, 0) is 6.54 Å². The van der Waals surface area contributed by atoms with Crippen LogP contribution in [0, 0.1) is 5.92 Å². The molecule has 2 fully saturated rings. The molecule has 4 heteroatoms. The average Bonchev–Trinajstić information content (AvgIpc) is 2.98. The lowest BCUT2D eigenvalue weighted by Gasteiger charge is -2.34.